The fourth-order valence-electron chi connectivity index (χ4n) is 3.40. The summed E-state index contributed by atoms with van der Waals surface area (Å²) in [5, 5.41) is 0. The van der Waals surface area contributed by atoms with Gasteiger partial charge in [0.25, 0.3) is 5.91 Å². The molecule has 0 fully saturated rings. The van der Waals surface area contributed by atoms with E-state index in [2.05, 4.69) is 0 Å². The van der Waals surface area contributed by atoms with Crippen LogP contribution >= 0.6 is 0 Å². The lowest BCUT2D eigenvalue weighted by molar-refractivity contribution is 0.0985. The number of halogens is 1. The number of hydrogen-bond donors (Lipinski definition) is 0. The number of carbonyl (C=O) groups excluding carboxylic acids is 1. The van der Waals surface area contributed by atoms with Crippen molar-refractivity contribution >= 4 is 21.6 Å². The monoisotopic (exact) mass is 390 g/mol. The van der Waals surface area contributed by atoms with Crippen molar-refractivity contribution in [2.24, 2.45) is 0 Å². The SMILES string of the molecule is CCN(CC)S(=O)(=O)c1ccc(C(=O)N2CCCc3ccc(F)cc32)cc1. The molecule has 3 rings (SSSR count). The Morgan fingerprint density at radius 3 is 2.41 bits per heavy atom. The summed E-state index contributed by atoms with van der Waals surface area (Å²) in [5.74, 6) is -0.637. The van der Waals surface area contributed by atoms with Gasteiger partial charge in [0.15, 0.2) is 0 Å². The number of aryl methyl sites for hydroxylation is 1. The van der Waals surface area contributed by atoms with E-state index < -0.39 is 10.0 Å². The third-order valence-corrected chi connectivity index (χ3v) is 6.92. The summed E-state index contributed by atoms with van der Waals surface area (Å²) >= 11 is 0. The molecule has 1 amide bonds. The van der Waals surface area contributed by atoms with Crippen LogP contribution in [0.2, 0.25) is 0 Å². The van der Waals surface area contributed by atoms with E-state index in [9.17, 15) is 17.6 Å². The van der Waals surface area contributed by atoms with Gasteiger partial charge in [-0.3, -0.25) is 4.79 Å². The van der Waals surface area contributed by atoms with Gasteiger partial charge in [-0.05, 0) is 54.8 Å². The second-order valence-corrected chi connectivity index (χ2v) is 8.39. The molecule has 0 unspecified atom stereocenters. The summed E-state index contributed by atoms with van der Waals surface area (Å²) in [7, 11) is -3.56. The van der Waals surface area contributed by atoms with Crippen LogP contribution in [0.1, 0.15) is 36.2 Å². The molecule has 0 N–H and O–H groups in total. The van der Waals surface area contributed by atoms with Crippen LogP contribution in [0.25, 0.3) is 0 Å². The van der Waals surface area contributed by atoms with Gasteiger partial charge in [0.1, 0.15) is 5.82 Å². The number of anilines is 1. The zero-order valence-corrected chi connectivity index (χ0v) is 16.3. The van der Waals surface area contributed by atoms with Crippen LogP contribution in [-0.4, -0.2) is 38.3 Å². The van der Waals surface area contributed by atoms with Crippen molar-refractivity contribution in [3.63, 3.8) is 0 Å². The first kappa shape index (κ1) is 19.5. The van der Waals surface area contributed by atoms with E-state index in [1.165, 1.54) is 40.7 Å². The maximum atomic E-state index is 13.7. The highest BCUT2D eigenvalue weighted by Crippen LogP contribution is 2.29. The van der Waals surface area contributed by atoms with Gasteiger partial charge < -0.3 is 4.90 Å². The van der Waals surface area contributed by atoms with E-state index in [1.807, 2.05) is 0 Å². The lowest BCUT2D eigenvalue weighted by Crippen LogP contribution is -2.35. The Kier molecular flexibility index (Phi) is 5.62. The minimum atomic E-state index is -3.56. The molecular formula is C20H23FN2O3S. The molecule has 27 heavy (non-hydrogen) atoms. The van der Waals surface area contributed by atoms with Gasteiger partial charge >= 0.3 is 0 Å². The third-order valence-electron chi connectivity index (χ3n) is 4.86. The maximum absolute atomic E-state index is 13.7. The number of rotatable bonds is 5. The van der Waals surface area contributed by atoms with E-state index in [1.54, 1.807) is 24.8 Å². The first-order valence-electron chi connectivity index (χ1n) is 9.09. The van der Waals surface area contributed by atoms with E-state index in [-0.39, 0.29) is 16.6 Å². The Morgan fingerprint density at radius 1 is 1.11 bits per heavy atom. The minimum absolute atomic E-state index is 0.160. The normalized spacial score (nSPS) is 14.3. The van der Waals surface area contributed by atoms with Crippen LogP contribution < -0.4 is 4.90 Å². The highest BCUT2D eigenvalue weighted by Gasteiger charge is 2.25. The van der Waals surface area contributed by atoms with Crippen LogP contribution in [-0.2, 0) is 16.4 Å². The van der Waals surface area contributed by atoms with Gasteiger partial charge in [0, 0.05) is 25.2 Å². The van der Waals surface area contributed by atoms with Crippen LogP contribution in [0.3, 0.4) is 0 Å². The van der Waals surface area contributed by atoms with Crippen molar-refractivity contribution in [1.82, 2.24) is 4.31 Å². The van der Waals surface area contributed by atoms with Crippen LogP contribution in [0, 0.1) is 5.82 Å². The molecule has 144 valence electrons. The van der Waals surface area contributed by atoms with E-state index in [0.717, 1.165) is 18.4 Å². The maximum Gasteiger partial charge on any atom is 0.258 e. The number of amides is 1. The molecule has 1 aliphatic rings. The highest BCUT2D eigenvalue weighted by atomic mass is 32.2. The number of hydrogen-bond acceptors (Lipinski definition) is 3. The standard InChI is InChI=1S/C20H23FN2O3S/c1-3-22(4-2)27(25,26)18-11-8-16(9-12-18)20(24)23-13-5-6-15-7-10-17(21)14-19(15)23/h7-12,14H,3-6,13H2,1-2H3. The molecule has 1 heterocycles. The Hall–Kier alpha value is -2.25. The first-order valence-corrected chi connectivity index (χ1v) is 10.5. The molecule has 0 saturated carbocycles. The first-order chi connectivity index (χ1) is 12.9. The molecule has 0 spiro atoms. The van der Waals surface area contributed by atoms with Gasteiger partial charge in [-0.15, -0.1) is 0 Å². The smallest absolute Gasteiger partial charge is 0.258 e. The fraction of sp³-hybridized carbons (Fsp3) is 0.350. The zero-order valence-electron chi connectivity index (χ0n) is 15.5. The van der Waals surface area contributed by atoms with Gasteiger partial charge in [0.2, 0.25) is 10.0 Å². The van der Waals surface area contributed by atoms with Gasteiger partial charge in [0.05, 0.1) is 10.6 Å². The molecule has 0 radical (unpaired) electrons. The number of fused-ring (bicyclic) bond motifs is 1. The average molecular weight is 390 g/mol. The van der Waals surface area contributed by atoms with Gasteiger partial charge in [-0.25, -0.2) is 12.8 Å². The Balaban J connectivity index is 1.89. The Morgan fingerprint density at radius 2 is 1.78 bits per heavy atom. The molecule has 0 saturated heterocycles. The number of benzene rings is 2. The van der Waals surface area contributed by atoms with Crippen molar-refractivity contribution in [1.29, 1.82) is 0 Å². The summed E-state index contributed by atoms with van der Waals surface area (Å²) in [5.41, 5.74) is 1.91. The van der Waals surface area contributed by atoms with E-state index >= 15 is 0 Å². The lowest BCUT2D eigenvalue weighted by atomic mass is 10.0. The van der Waals surface area contributed by atoms with Crippen molar-refractivity contribution < 1.29 is 17.6 Å². The summed E-state index contributed by atoms with van der Waals surface area (Å²) < 4.78 is 40.2. The van der Waals surface area contributed by atoms with Crippen molar-refractivity contribution in [3.8, 4) is 0 Å². The fourth-order valence-corrected chi connectivity index (χ4v) is 4.85. The molecule has 1 aliphatic heterocycles. The molecule has 2 aromatic rings. The zero-order chi connectivity index (χ0) is 19.6. The molecule has 7 heteroatoms. The molecule has 0 aromatic heterocycles. The quantitative estimate of drug-likeness (QED) is 0.786. The van der Waals surface area contributed by atoms with Crippen molar-refractivity contribution in [2.45, 2.75) is 31.6 Å². The summed E-state index contributed by atoms with van der Waals surface area (Å²) in [6.45, 7) is 4.85. The van der Waals surface area contributed by atoms with Crippen LogP contribution in [0.4, 0.5) is 10.1 Å². The molecule has 5 nitrogen and oxygen atoms in total. The van der Waals surface area contributed by atoms with E-state index in [4.69, 9.17) is 0 Å². The predicted octanol–water partition coefficient (Wildman–Crippen LogP) is 3.45. The third kappa shape index (κ3) is 3.75. The molecular weight excluding hydrogens is 367 g/mol. The summed E-state index contributed by atoms with van der Waals surface area (Å²) in [6.07, 6.45) is 1.61. The van der Waals surface area contributed by atoms with Crippen LogP contribution in [0.5, 0.6) is 0 Å². The molecule has 0 atom stereocenters. The Labute approximate surface area is 159 Å². The Bertz CT molecular complexity index is 938. The van der Waals surface area contributed by atoms with Gasteiger partial charge in [-0.2, -0.15) is 4.31 Å². The largest absolute Gasteiger partial charge is 0.308 e. The molecule has 0 bridgehead atoms. The minimum Gasteiger partial charge on any atom is -0.308 e. The topological polar surface area (TPSA) is 57.7 Å². The van der Waals surface area contributed by atoms with Crippen LogP contribution in [0.15, 0.2) is 47.4 Å². The van der Waals surface area contributed by atoms with Crippen molar-refractivity contribution in [3.05, 3.63) is 59.4 Å². The van der Waals surface area contributed by atoms with E-state index in [0.29, 0.717) is 30.9 Å². The number of carbonyl (C=O) groups is 1. The second kappa shape index (κ2) is 7.78. The summed E-state index contributed by atoms with van der Waals surface area (Å²) in [4.78, 5) is 14.6. The van der Waals surface area contributed by atoms with Crippen molar-refractivity contribution in [2.75, 3.05) is 24.5 Å². The lowest BCUT2D eigenvalue weighted by Gasteiger charge is -2.29. The molecule has 0 aliphatic carbocycles. The van der Waals surface area contributed by atoms with Gasteiger partial charge in [-0.1, -0.05) is 19.9 Å². The predicted molar refractivity (Wildman–Crippen MR) is 103 cm³/mol. The average Bonchev–Trinajstić information content (AvgIpc) is 2.67. The second-order valence-electron chi connectivity index (χ2n) is 6.45. The molecule has 2 aromatic carbocycles. The highest BCUT2D eigenvalue weighted by molar-refractivity contribution is 7.89. The summed E-state index contributed by atoms with van der Waals surface area (Å²) in [6, 6.07) is 10.4. The number of sulfonamides is 1. The number of nitrogens with zero attached hydrogens (tertiary/aromatic N) is 2.